The van der Waals surface area contributed by atoms with Gasteiger partial charge in [0.2, 0.25) is 0 Å². The van der Waals surface area contributed by atoms with Gasteiger partial charge in [0.25, 0.3) is 0 Å². The summed E-state index contributed by atoms with van der Waals surface area (Å²) in [6, 6.07) is 1.91. The Labute approximate surface area is 112 Å². The molecule has 0 fully saturated rings. The molecule has 0 bridgehead atoms. The number of nitrogens with zero attached hydrogens (tertiary/aromatic N) is 1. The molecule has 1 aromatic rings. The lowest BCUT2D eigenvalue weighted by atomic mass is 10.2. The second-order valence-corrected chi connectivity index (χ2v) is 3.74. The Kier molecular flexibility index (Phi) is 4.35. The third-order valence-corrected chi connectivity index (χ3v) is 2.23. The van der Waals surface area contributed by atoms with Crippen LogP contribution >= 0.6 is 0 Å². The Bertz CT molecular complexity index is 571. The molecule has 0 aliphatic heterocycles. The highest BCUT2D eigenvalue weighted by Crippen LogP contribution is 2.37. The molecule has 0 saturated carbocycles. The number of carbonyl (C=O) groups is 1. The van der Waals surface area contributed by atoms with E-state index in [-0.39, 0.29) is 0 Å². The molecule has 21 heavy (non-hydrogen) atoms. The van der Waals surface area contributed by atoms with Crippen LogP contribution in [0, 0.1) is 10.1 Å². The van der Waals surface area contributed by atoms with Gasteiger partial charge in [0, 0.05) is 12.1 Å². The number of halogens is 5. The molecule has 1 aromatic carbocycles. The van der Waals surface area contributed by atoms with Crippen molar-refractivity contribution < 1.29 is 41.5 Å². The summed E-state index contributed by atoms with van der Waals surface area (Å²) in [5, 5.41) is 19.2. The topological polar surface area (TPSA) is 89.7 Å². The van der Waals surface area contributed by atoms with Gasteiger partial charge in [-0.05, 0) is 6.07 Å². The van der Waals surface area contributed by atoms with E-state index in [1.54, 1.807) is 0 Å². The summed E-state index contributed by atoms with van der Waals surface area (Å²) >= 11 is 0. The molecular weight excluding hydrogens is 309 g/mol. The zero-order chi connectivity index (χ0) is 16.4. The van der Waals surface area contributed by atoms with E-state index < -0.39 is 46.6 Å². The molecule has 0 spiro atoms. The van der Waals surface area contributed by atoms with Crippen LogP contribution in [0.25, 0.3) is 0 Å². The second kappa shape index (κ2) is 5.50. The summed E-state index contributed by atoms with van der Waals surface area (Å²) in [6.07, 6.45) is -5.90. The van der Waals surface area contributed by atoms with Crippen molar-refractivity contribution in [2.45, 2.75) is 12.1 Å². The number of hydrogen-bond donors (Lipinski definition) is 1. The number of carboxylic acids is 1. The monoisotopic (exact) mass is 315 g/mol. The van der Waals surface area contributed by atoms with Crippen LogP contribution in [0.4, 0.5) is 27.6 Å². The third-order valence-electron chi connectivity index (χ3n) is 2.23. The maximum absolute atomic E-state index is 12.7. The molecule has 1 N–H and O–H groups in total. The molecule has 0 aliphatic carbocycles. The lowest BCUT2D eigenvalue weighted by molar-refractivity contribution is -0.386. The predicted octanol–water partition coefficient (Wildman–Crippen LogP) is 2.87. The molecule has 0 aromatic heterocycles. The minimum absolute atomic E-state index is 0.493. The lowest BCUT2D eigenvalue weighted by Gasteiger charge is -2.19. The number of hydrogen-bond acceptors (Lipinski definition) is 4. The third kappa shape index (κ3) is 3.77. The molecule has 0 heterocycles. The van der Waals surface area contributed by atoms with Crippen molar-refractivity contribution in [2.24, 2.45) is 0 Å². The summed E-state index contributed by atoms with van der Waals surface area (Å²) in [4.78, 5) is 20.1. The molecule has 1 rings (SSSR count). The Morgan fingerprint density at radius 1 is 1.29 bits per heavy atom. The van der Waals surface area contributed by atoms with Crippen molar-refractivity contribution in [1.82, 2.24) is 0 Å². The minimum atomic E-state index is -5.90. The van der Waals surface area contributed by atoms with E-state index in [4.69, 9.17) is 5.11 Å². The summed E-state index contributed by atoms with van der Waals surface area (Å²) < 4.78 is 65.3. The van der Waals surface area contributed by atoms with Gasteiger partial charge in [-0.15, -0.1) is 0 Å². The van der Waals surface area contributed by atoms with Gasteiger partial charge in [-0.2, -0.15) is 22.0 Å². The Morgan fingerprint density at radius 2 is 1.86 bits per heavy atom. The van der Waals surface area contributed by atoms with Gasteiger partial charge in [-0.25, -0.2) is 4.79 Å². The van der Waals surface area contributed by atoms with Gasteiger partial charge in [0.1, 0.15) is 0 Å². The summed E-state index contributed by atoms with van der Waals surface area (Å²) in [7, 11) is 0. The van der Waals surface area contributed by atoms with Gasteiger partial charge < -0.3 is 9.84 Å². The molecular formula is C10H6F5NO5. The van der Waals surface area contributed by atoms with Crippen molar-refractivity contribution in [3.8, 4) is 5.75 Å². The van der Waals surface area contributed by atoms with Crippen LogP contribution in [0.1, 0.15) is 10.4 Å². The molecule has 0 unspecified atom stereocenters. The van der Waals surface area contributed by atoms with Gasteiger partial charge in [-0.1, -0.05) is 0 Å². The number of carboxylic acid groups (broad SMARTS) is 1. The van der Waals surface area contributed by atoms with Gasteiger partial charge in [0.15, 0.2) is 12.4 Å². The van der Waals surface area contributed by atoms with E-state index in [0.717, 1.165) is 6.07 Å². The fraction of sp³-hybridized carbons (Fsp3) is 0.300. The molecule has 116 valence electrons. The van der Waals surface area contributed by atoms with E-state index in [0.29, 0.717) is 12.1 Å². The number of rotatable bonds is 5. The first kappa shape index (κ1) is 16.6. The quantitative estimate of drug-likeness (QED) is 0.512. The number of benzene rings is 1. The zero-order valence-electron chi connectivity index (χ0n) is 9.86. The molecule has 0 aliphatic rings. The highest BCUT2D eigenvalue weighted by Gasteiger charge is 2.58. The number of nitro groups is 1. The van der Waals surface area contributed by atoms with Crippen LogP contribution in [0.3, 0.4) is 0 Å². The largest absolute Gasteiger partial charge is 0.480 e. The summed E-state index contributed by atoms with van der Waals surface area (Å²) in [6.45, 7) is -2.21. The van der Waals surface area contributed by atoms with Crippen LogP contribution in [0.5, 0.6) is 5.75 Å². The van der Waals surface area contributed by atoms with Crippen molar-refractivity contribution in [2.75, 3.05) is 6.61 Å². The first-order valence-corrected chi connectivity index (χ1v) is 5.05. The molecule has 6 nitrogen and oxygen atoms in total. The number of alkyl halides is 5. The average molecular weight is 315 g/mol. The highest BCUT2D eigenvalue weighted by molar-refractivity contribution is 5.88. The predicted molar refractivity (Wildman–Crippen MR) is 56.6 cm³/mol. The molecule has 0 radical (unpaired) electrons. The Balaban J connectivity index is 3.09. The maximum atomic E-state index is 12.7. The number of ether oxygens (including phenoxy) is 1. The van der Waals surface area contributed by atoms with E-state index in [1.165, 1.54) is 0 Å². The lowest BCUT2D eigenvalue weighted by Crippen LogP contribution is -2.41. The molecule has 11 heteroatoms. The van der Waals surface area contributed by atoms with E-state index in [1.807, 2.05) is 0 Å². The SMILES string of the molecule is O=C(O)c1ccc([N+](=O)[O-])c(OCC(F)(F)C(F)(F)F)c1. The Hall–Kier alpha value is -2.46. The van der Waals surface area contributed by atoms with Crippen LogP contribution in [0.15, 0.2) is 18.2 Å². The van der Waals surface area contributed by atoms with Crippen LogP contribution in [-0.2, 0) is 0 Å². The van der Waals surface area contributed by atoms with Crippen molar-refractivity contribution in [1.29, 1.82) is 0 Å². The average Bonchev–Trinajstić information content (AvgIpc) is 2.34. The fourth-order valence-electron chi connectivity index (χ4n) is 1.16. The molecule has 0 saturated heterocycles. The molecule has 0 atom stereocenters. The smallest absolute Gasteiger partial charge is 0.456 e. The van der Waals surface area contributed by atoms with Crippen molar-refractivity contribution >= 4 is 11.7 Å². The molecule has 0 amide bonds. The van der Waals surface area contributed by atoms with Gasteiger partial charge >= 0.3 is 23.8 Å². The Morgan fingerprint density at radius 3 is 2.29 bits per heavy atom. The van der Waals surface area contributed by atoms with Crippen LogP contribution in [-0.4, -0.2) is 34.7 Å². The number of nitro benzene ring substituents is 1. The number of aromatic carboxylic acids is 1. The van der Waals surface area contributed by atoms with Crippen molar-refractivity contribution in [3.63, 3.8) is 0 Å². The van der Waals surface area contributed by atoms with Crippen LogP contribution < -0.4 is 4.74 Å². The van der Waals surface area contributed by atoms with Gasteiger partial charge in [-0.3, -0.25) is 10.1 Å². The first-order chi connectivity index (χ1) is 9.45. The van der Waals surface area contributed by atoms with E-state index >= 15 is 0 Å². The first-order valence-electron chi connectivity index (χ1n) is 5.05. The standard InChI is InChI=1S/C10H6F5NO5/c11-9(12,10(13,14)15)4-21-7-3-5(8(17)18)1-2-6(7)16(19)20/h1-3H,4H2,(H,17,18). The van der Waals surface area contributed by atoms with Crippen LogP contribution in [0.2, 0.25) is 0 Å². The van der Waals surface area contributed by atoms with Gasteiger partial charge in [0.05, 0.1) is 10.5 Å². The fourth-order valence-corrected chi connectivity index (χ4v) is 1.16. The second-order valence-electron chi connectivity index (χ2n) is 3.74. The van der Waals surface area contributed by atoms with Crippen molar-refractivity contribution in [3.05, 3.63) is 33.9 Å². The summed E-state index contributed by atoms with van der Waals surface area (Å²) in [5.41, 5.74) is -1.50. The highest BCUT2D eigenvalue weighted by atomic mass is 19.4. The normalized spacial score (nSPS) is 12.0. The van der Waals surface area contributed by atoms with E-state index in [9.17, 15) is 36.9 Å². The summed E-state index contributed by atoms with van der Waals surface area (Å²) in [5.74, 6) is -7.79. The minimum Gasteiger partial charge on any atom is -0.480 e. The maximum Gasteiger partial charge on any atom is 0.456 e. The zero-order valence-corrected chi connectivity index (χ0v) is 9.86. The van der Waals surface area contributed by atoms with E-state index in [2.05, 4.69) is 4.74 Å².